The molecule has 0 saturated carbocycles. The van der Waals surface area contributed by atoms with E-state index in [1.54, 1.807) is 23.5 Å². The van der Waals surface area contributed by atoms with Crippen LogP contribution in [0.3, 0.4) is 0 Å². The molecule has 0 saturated heterocycles. The van der Waals surface area contributed by atoms with Crippen LogP contribution in [0.1, 0.15) is 27.0 Å². The van der Waals surface area contributed by atoms with Gasteiger partial charge < -0.3 is 5.32 Å². The van der Waals surface area contributed by atoms with E-state index in [0.29, 0.717) is 28.8 Å². The fourth-order valence-electron chi connectivity index (χ4n) is 1.76. The van der Waals surface area contributed by atoms with E-state index in [1.165, 1.54) is 17.0 Å². The van der Waals surface area contributed by atoms with E-state index in [2.05, 4.69) is 18.3 Å². The van der Waals surface area contributed by atoms with Crippen molar-refractivity contribution in [3.05, 3.63) is 51.7 Å². The molecule has 2 nitrogen and oxygen atoms in total. The van der Waals surface area contributed by atoms with Gasteiger partial charge in [-0.25, -0.2) is 0 Å². The molecule has 1 aromatic carbocycles. The lowest BCUT2D eigenvalue weighted by Crippen LogP contribution is -2.22. The van der Waals surface area contributed by atoms with E-state index >= 15 is 0 Å². The van der Waals surface area contributed by atoms with Crippen LogP contribution in [0.25, 0.3) is 0 Å². The van der Waals surface area contributed by atoms with Crippen LogP contribution in [0.4, 0.5) is 8.78 Å². The zero-order valence-electron chi connectivity index (χ0n) is 11.4. The molecule has 2 rings (SSSR count). The highest BCUT2D eigenvalue weighted by molar-refractivity contribution is 7.99. The minimum atomic E-state index is -2.45. The van der Waals surface area contributed by atoms with E-state index in [0.717, 1.165) is 11.3 Å². The fraction of sp³-hybridized carbons (Fsp3) is 0.267. The second-order valence-corrected chi connectivity index (χ2v) is 6.62. The number of rotatable bonds is 6. The van der Waals surface area contributed by atoms with E-state index < -0.39 is 5.76 Å². The van der Waals surface area contributed by atoms with Gasteiger partial charge in [0.25, 0.3) is 11.7 Å². The van der Waals surface area contributed by atoms with Gasteiger partial charge >= 0.3 is 0 Å². The Morgan fingerprint density at radius 1 is 1.19 bits per heavy atom. The van der Waals surface area contributed by atoms with Crippen molar-refractivity contribution in [1.29, 1.82) is 0 Å². The summed E-state index contributed by atoms with van der Waals surface area (Å²) in [4.78, 5) is 14.8. The quantitative estimate of drug-likeness (QED) is 0.788. The first kappa shape index (κ1) is 16.0. The standard InChI is InChI=1S/C15H15F2NOS2/c1-2-11-7-8-13(20-11)9-18-14(19)10-3-5-12(6-4-10)21-15(16)17/h3-8,15H,2,9H2,1H3,(H,18,19). The maximum atomic E-state index is 12.2. The average molecular weight is 327 g/mol. The van der Waals surface area contributed by atoms with Crippen LogP contribution in [-0.2, 0) is 13.0 Å². The first-order valence-corrected chi connectivity index (χ1v) is 8.18. The smallest absolute Gasteiger partial charge is 0.288 e. The summed E-state index contributed by atoms with van der Waals surface area (Å²) in [6.45, 7) is 2.57. The summed E-state index contributed by atoms with van der Waals surface area (Å²) in [5.74, 6) is -2.65. The number of aryl methyl sites for hydroxylation is 1. The molecule has 6 heteroatoms. The molecule has 0 unspecified atom stereocenters. The Morgan fingerprint density at radius 3 is 2.43 bits per heavy atom. The number of amides is 1. The van der Waals surface area contributed by atoms with Gasteiger partial charge in [-0.3, -0.25) is 4.79 Å². The van der Waals surface area contributed by atoms with Crippen LogP contribution in [0, 0.1) is 0 Å². The van der Waals surface area contributed by atoms with Crippen molar-refractivity contribution in [3.63, 3.8) is 0 Å². The monoisotopic (exact) mass is 327 g/mol. The lowest BCUT2D eigenvalue weighted by Gasteiger charge is -2.05. The van der Waals surface area contributed by atoms with E-state index in [1.807, 2.05) is 6.07 Å². The molecule has 0 fully saturated rings. The number of nitrogens with one attached hydrogen (secondary N) is 1. The number of benzene rings is 1. The molecule has 0 bridgehead atoms. The Hall–Kier alpha value is -1.40. The van der Waals surface area contributed by atoms with Crippen LogP contribution in [0.5, 0.6) is 0 Å². The molecule has 112 valence electrons. The predicted octanol–water partition coefficient (Wildman–Crippen LogP) is 4.56. The summed E-state index contributed by atoms with van der Waals surface area (Å²) in [6, 6.07) is 10.3. The van der Waals surface area contributed by atoms with Crippen molar-refractivity contribution in [2.24, 2.45) is 0 Å². The average Bonchev–Trinajstić information content (AvgIpc) is 2.93. The highest BCUT2D eigenvalue weighted by atomic mass is 32.2. The van der Waals surface area contributed by atoms with Crippen molar-refractivity contribution in [1.82, 2.24) is 5.32 Å². The number of carbonyl (C=O) groups excluding carboxylic acids is 1. The van der Waals surface area contributed by atoms with Gasteiger partial charge in [-0.2, -0.15) is 8.78 Å². The Labute approximate surface area is 130 Å². The Bertz CT molecular complexity index is 596. The van der Waals surface area contributed by atoms with Crippen molar-refractivity contribution in [2.75, 3.05) is 0 Å². The summed E-state index contributed by atoms with van der Waals surface area (Å²) in [5, 5.41) is 2.83. The number of carbonyl (C=O) groups is 1. The van der Waals surface area contributed by atoms with Crippen molar-refractivity contribution in [3.8, 4) is 0 Å². The van der Waals surface area contributed by atoms with Gasteiger partial charge in [0.05, 0.1) is 6.54 Å². The van der Waals surface area contributed by atoms with Gasteiger partial charge in [-0.15, -0.1) is 11.3 Å². The molecule has 0 spiro atoms. The Morgan fingerprint density at radius 2 is 1.86 bits per heavy atom. The van der Waals surface area contributed by atoms with E-state index in [4.69, 9.17) is 0 Å². The van der Waals surface area contributed by atoms with Crippen LogP contribution >= 0.6 is 23.1 Å². The molecule has 0 aliphatic heterocycles. The van der Waals surface area contributed by atoms with Gasteiger partial charge in [-0.05, 0) is 42.8 Å². The lowest BCUT2D eigenvalue weighted by molar-refractivity contribution is 0.0951. The van der Waals surface area contributed by atoms with Crippen LogP contribution in [0.15, 0.2) is 41.3 Å². The number of thiophene rings is 1. The van der Waals surface area contributed by atoms with Crippen molar-refractivity contribution in [2.45, 2.75) is 30.5 Å². The third-order valence-electron chi connectivity index (χ3n) is 2.83. The number of hydrogen-bond acceptors (Lipinski definition) is 3. The molecule has 1 heterocycles. The molecular formula is C15H15F2NOS2. The Balaban J connectivity index is 1.90. The Kier molecular flexibility index (Phi) is 5.76. The van der Waals surface area contributed by atoms with E-state index in [-0.39, 0.29) is 5.91 Å². The summed E-state index contributed by atoms with van der Waals surface area (Å²) < 4.78 is 24.4. The summed E-state index contributed by atoms with van der Waals surface area (Å²) in [7, 11) is 0. The van der Waals surface area contributed by atoms with Crippen LogP contribution < -0.4 is 5.32 Å². The first-order valence-electron chi connectivity index (χ1n) is 6.49. The van der Waals surface area contributed by atoms with Gasteiger partial charge in [0.1, 0.15) is 0 Å². The lowest BCUT2D eigenvalue weighted by atomic mass is 10.2. The van der Waals surface area contributed by atoms with Crippen LogP contribution in [0.2, 0.25) is 0 Å². The highest BCUT2D eigenvalue weighted by Gasteiger charge is 2.08. The summed E-state index contributed by atoms with van der Waals surface area (Å²) in [6.07, 6.45) is 0.988. The zero-order valence-corrected chi connectivity index (χ0v) is 13.1. The van der Waals surface area contributed by atoms with Crippen LogP contribution in [-0.4, -0.2) is 11.7 Å². The molecule has 0 aliphatic rings. The van der Waals surface area contributed by atoms with Gasteiger partial charge in [-0.1, -0.05) is 18.7 Å². The molecule has 1 N–H and O–H groups in total. The molecule has 2 aromatic rings. The molecule has 1 aromatic heterocycles. The number of thioether (sulfide) groups is 1. The number of hydrogen-bond donors (Lipinski definition) is 1. The van der Waals surface area contributed by atoms with Crippen molar-refractivity contribution < 1.29 is 13.6 Å². The summed E-state index contributed by atoms with van der Waals surface area (Å²) in [5.41, 5.74) is 0.473. The molecule has 0 aliphatic carbocycles. The zero-order chi connectivity index (χ0) is 15.2. The summed E-state index contributed by atoms with van der Waals surface area (Å²) >= 11 is 2.15. The molecular weight excluding hydrogens is 312 g/mol. The number of alkyl halides is 2. The largest absolute Gasteiger partial charge is 0.347 e. The molecule has 21 heavy (non-hydrogen) atoms. The maximum Gasteiger partial charge on any atom is 0.288 e. The predicted molar refractivity (Wildman–Crippen MR) is 83.2 cm³/mol. The first-order chi connectivity index (χ1) is 10.1. The topological polar surface area (TPSA) is 29.1 Å². The van der Waals surface area contributed by atoms with Crippen molar-refractivity contribution >= 4 is 29.0 Å². The molecule has 0 radical (unpaired) electrons. The fourth-order valence-corrected chi connectivity index (χ4v) is 3.16. The molecule has 0 atom stereocenters. The molecule has 1 amide bonds. The minimum Gasteiger partial charge on any atom is -0.347 e. The van der Waals surface area contributed by atoms with Gasteiger partial charge in [0.2, 0.25) is 0 Å². The van der Waals surface area contributed by atoms with E-state index in [9.17, 15) is 13.6 Å². The highest BCUT2D eigenvalue weighted by Crippen LogP contribution is 2.25. The normalized spacial score (nSPS) is 10.9. The third kappa shape index (κ3) is 4.82. The van der Waals surface area contributed by atoms with Gasteiger partial charge in [0.15, 0.2) is 0 Å². The number of halogens is 2. The second-order valence-electron chi connectivity index (χ2n) is 4.31. The van der Waals surface area contributed by atoms with Gasteiger partial charge in [0, 0.05) is 20.2 Å². The third-order valence-corrected chi connectivity index (χ3v) is 4.78. The SMILES string of the molecule is CCc1ccc(CNC(=O)c2ccc(SC(F)F)cc2)s1. The minimum absolute atomic E-state index is 0.199. The second kappa shape index (κ2) is 7.56. The maximum absolute atomic E-state index is 12.2.